The van der Waals surface area contributed by atoms with E-state index < -0.39 is 11.4 Å². The highest BCUT2D eigenvalue weighted by Crippen LogP contribution is 2.24. The Kier molecular flexibility index (Phi) is 6.42. The number of ether oxygens (including phenoxy) is 1. The number of carbonyl (C=O) groups is 1. The van der Waals surface area contributed by atoms with Crippen LogP contribution in [-0.2, 0) is 4.79 Å². The quantitative estimate of drug-likeness (QED) is 0.897. The van der Waals surface area contributed by atoms with Crippen molar-refractivity contribution >= 4 is 24.0 Å². The van der Waals surface area contributed by atoms with Gasteiger partial charge >= 0.3 is 0 Å². The Bertz CT molecular complexity index is 491. The summed E-state index contributed by atoms with van der Waals surface area (Å²) in [5.74, 6) is -0.389. The Hall–Kier alpha value is -1.33. The fourth-order valence-corrected chi connectivity index (χ4v) is 2.37. The maximum Gasteiger partial charge on any atom is 0.244 e. The molecule has 4 nitrogen and oxygen atoms in total. The first-order valence-electron chi connectivity index (χ1n) is 7.04. The molecule has 0 saturated carbocycles. The van der Waals surface area contributed by atoms with Crippen LogP contribution in [0, 0.1) is 5.82 Å². The van der Waals surface area contributed by atoms with E-state index in [9.17, 15) is 9.18 Å². The van der Waals surface area contributed by atoms with Gasteiger partial charge in [0.05, 0.1) is 12.1 Å². The van der Waals surface area contributed by atoms with Crippen molar-refractivity contribution in [3.63, 3.8) is 0 Å². The van der Waals surface area contributed by atoms with E-state index in [4.69, 9.17) is 4.74 Å². The third-order valence-corrected chi connectivity index (χ3v) is 3.61. The molecule has 0 aliphatic carbocycles. The van der Waals surface area contributed by atoms with Gasteiger partial charge in [0.25, 0.3) is 0 Å². The lowest BCUT2D eigenvalue weighted by molar-refractivity contribution is -0.122. The number of amides is 1. The van der Waals surface area contributed by atoms with Crippen molar-refractivity contribution in [2.24, 2.45) is 0 Å². The summed E-state index contributed by atoms with van der Waals surface area (Å²) in [6.07, 6.45) is 2.90. The molecule has 118 valence electrons. The van der Waals surface area contributed by atoms with Crippen molar-refractivity contribution in [2.45, 2.75) is 38.6 Å². The molecule has 0 bridgehead atoms. The minimum absolute atomic E-state index is 0. The lowest BCUT2D eigenvalue weighted by Crippen LogP contribution is -2.54. The molecule has 1 heterocycles. The van der Waals surface area contributed by atoms with Crippen molar-refractivity contribution in [3.05, 3.63) is 24.0 Å². The summed E-state index contributed by atoms with van der Waals surface area (Å²) in [5, 5.41) is 6.00. The van der Waals surface area contributed by atoms with Gasteiger partial charge in [0.1, 0.15) is 0 Å². The monoisotopic (exact) mass is 316 g/mol. The molecular weight excluding hydrogens is 295 g/mol. The maximum absolute atomic E-state index is 13.7. The maximum atomic E-state index is 13.7. The summed E-state index contributed by atoms with van der Waals surface area (Å²) in [7, 11) is 0. The van der Waals surface area contributed by atoms with Crippen LogP contribution in [0.15, 0.2) is 18.2 Å². The van der Waals surface area contributed by atoms with Gasteiger partial charge in [-0.15, -0.1) is 12.4 Å². The fraction of sp³-hybridized carbons (Fsp3) is 0.533. The molecule has 1 saturated heterocycles. The normalized spacial score (nSPS) is 21.3. The molecule has 1 aromatic carbocycles. The molecule has 1 aromatic rings. The molecule has 21 heavy (non-hydrogen) atoms. The van der Waals surface area contributed by atoms with Crippen LogP contribution in [0.3, 0.4) is 0 Å². The largest absolute Gasteiger partial charge is 0.491 e. The Morgan fingerprint density at radius 2 is 2.24 bits per heavy atom. The summed E-state index contributed by atoms with van der Waals surface area (Å²) in [4.78, 5) is 12.3. The Balaban J connectivity index is 0.00000220. The Morgan fingerprint density at radius 3 is 2.81 bits per heavy atom. The average molecular weight is 317 g/mol. The van der Waals surface area contributed by atoms with E-state index in [1.165, 1.54) is 12.1 Å². The molecule has 2 rings (SSSR count). The van der Waals surface area contributed by atoms with Crippen molar-refractivity contribution in [3.8, 4) is 5.75 Å². The summed E-state index contributed by atoms with van der Waals surface area (Å²) in [5.41, 5.74) is -0.127. The van der Waals surface area contributed by atoms with E-state index >= 15 is 0 Å². The summed E-state index contributed by atoms with van der Waals surface area (Å²) >= 11 is 0. The van der Waals surface area contributed by atoms with Crippen molar-refractivity contribution in [1.29, 1.82) is 0 Å². The summed E-state index contributed by atoms with van der Waals surface area (Å²) in [6.45, 7) is 4.92. The van der Waals surface area contributed by atoms with Crippen LogP contribution in [0.4, 0.5) is 10.1 Å². The van der Waals surface area contributed by atoms with Crippen LogP contribution in [-0.4, -0.2) is 24.6 Å². The van der Waals surface area contributed by atoms with Crippen LogP contribution in [0.2, 0.25) is 0 Å². The van der Waals surface area contributed by atoms with Crippen LogP contribution in [0.5, 0.6) is 5.75 Å². The number of halogens is 2. The summed E-state index contributed by atoms with van der Waals surface area (Å²) < 4.78 is 18.9. The minimum Gasteiger partial charge on any atom is -0.491 e. The number of benzene rings is 1. The van der Waals surface area contributed by atoms with Gasteiger partial charge in [-0.25, -0.2) is 4.39 Å². The fourth-order valence-electron chi connectivity index (χ4n) is 2.37. The first-order chi connectivity index (χ1) is 9.55. The number of hydrogen-bond acceptors (Lipinski definition) is 3. The third kappa shape index (κ3) is 4.32. The highest BCUT2D eigenvalue weighted by molar-refractivity contribution is 5.97. The predicted molar refractivity (Wildman–Crippen MR) is 83.7 cm³/mol. The van der Waals surface area contributed by atoms with E-state index in [0.717, 1.165) is 25.8 Å². The van der Waals surface area contributed by atoms with Crippen LogP contribution in [0.25, 0.3) is 0 Å². The second kappa shape index (κ2) is 7.61. The van der Waals surface area contributed by atoms with Crippen molar-refractivity contribution < 1.29 is 13.9 Å². The molecular formula is C15H22ClFN2O2. The standard InChI is InChI=1S/C15H21FN2O2.ClH/c1-3-20-13-7-6-11(10-12(13)16)18-14(19)15(2)8-4-5-9-17-15;/h6-7,10,17H,3-5,8-9H2,1-2H3,(H,18,19);1H. The number of nitrogens with one attached hydrogen (secondary N) is 2. The van der Waals surface area contributed by atoms with Gasteiger partial charge in [-0.2, -0.15) is 0 Å². The van der Waals surface area contributed by atoms with Gasteiger partial charge in [-0.05, 0) is 51.8 Å². The van der Waals surface area contributed by atoms with Crippen LogP contribution >= 0.6 is 12.4 Å². The first kappa shape index (κ1) is 17.7. The van der Waals surface area contributed by atoms with Gasteiger partial charge in [0.15, 0.2) is 11.6 Å². The summed E-state index contributed by atoms with van der Waals surface area (Å²) in [6, 6.07) is 4.47. The SMILES string of the molecule is CCOc1ccc(NC(=O)C2(C)CCCCN2)cc1F.Cl. The zero-order valence-electron chi connectivity index (χ0n) is 12.4. The van der Waals surface area contributed by atoms with Gasteiger partial charge in [0, 0.05) is 11.8 Å². The molecule has 2 N–H and O–H groups in total. The minimum atomic E-state index is -0.576. The van der Waals surface area contributed by atoms with E-state index in [1.54, 1.807) is 13.0 Å². The second-order valence-corrected chi connectivity index (χ2v) is 5.25. The Morgan fingerprint density at radius 1 is 1.48 bits per heavy atom. The lowest BCUT2D eigenvalue weighted by Gasteiger charge is -2.33. The molecule has 1 fully saturated rings. The van der Waals surface area contributed by atoms with E-state index in [1.807, 2.05) is 6.92 Å². The molecule has 6 heteroatoms. The first-order valence-corrected chi connectivity index (χ1v) is 7.04. The predicted octanol–water partition coefficient (Wildman–Crippen LogP) is 3.12. The van der Waals surface area contributed by atoms with Gasteiger partial charge in [-0.3, -0.25) is 4.79 Å². The average Bonchev–Trinajstić information content (AvgIpc) is 2.43. The van der Waals surface area contributed by atoms with E-state index in [-0.39, 0.29) is 24.1 Å². The lowest BCUT2D eigenvalue weighted by atomic mass is 9.90. The molecule has 1 atom stereocenters. The topological polar surface area (TPSA) is 50.4 Å². The zero-order chi connectivity index (χ0) is 14.6. The molecule has 0 aromatic heterocycles. The van der Waals surface area contributed by atoms with Gasteiger partial charge in [0.2, 0.25) is 5.91 Å². The molecule has 0 spiro atoms. The molecule has 1 amide bonds. The second-order valence-electron chi connectivity index (χ2n) is 5.25. The third-order valence-electron chi connectivity index (χ3n) is 3.61. The van der Waals surface area contributed by atoms with Gasteiger partial charge < -0.3 is 15.4 Å². The number of rotatable bonds is 4. The number of anilines is 1. The van der Waals surface area contributed by atoms with Crippen molar-refractivity contribution in [1.82, 2.24) is 5.32 Å². The molecule has 1 aliphatic heterocycles. The van der Waals surface area contributed by atoms with E-state index in [0.29, 0.717) is 12.3 Å². The van der Waals surface area contributed by atoms with Crippen LogP contribution < -0.4 is 15.4 Å². The highest BCUT2D eigenvalue weighted by Gasteiger charge is 2.34. The number of hydrogen-bond donors (Lipinski definition) is 2. The number of carbonyl (C=O) groups excluding carboxylic acids is 1. The number of piperidine rings is 1. The molecule has 1 aliphatic rings. The molecule has 1 unspecified atom stereocenters. The van der Waals surface area contributed by atoms with Gasteiger partial charge in [-0.1, -0.05) is 0 Å². The van der Waals surface area contributed by atoms with Crippen molar-refractivity contribution in [2.75, 3.05) is 18.5 Å². The zero-order valence-corrected chi connectivity index (χ0v) is 13.2. The van der Waals surface area contributed by atoms with E-state index in [2.05, 4.69) is 10.6 Å². The molecule has 0 radical (unpaired) electrons. The Labute approximate surface area is 130 Å². The highest BCUT2D eigenvalue weighted by atomic mass is 35.5. The smallest absolute Gasteiger partial charge is 0.244 e. The van der Waals surface area contributed by atoms with Crippen LogP contribution in [0.1, 0.15) is 33.1 Å².